The van der Waals surface area contributed by atoms with Gasteiger partial charge in [-0.05, 0) is 42.8 Å². The van der Waals surface area contributed by atoms with Gasteiger partial charge in [-0.2, -0.15) is 0 Å². The molecule has 0 saturated carbocycles. The fraction of sp³-hybridized carbons (Fsp3) is 0.0714. The molecule has 2 rings (SSSR count). The molecule has 0 fully saturated rings. The van der Waals surface area contributed by atoms with Crippen molar-refractivity contribution in [1.82, 2.24) is 0 Å². The Morgan fingerprint density at radius 3 is 2.53 bits per heavy atom. The summed E-state index contributed by atoms with van der Waals surface area (Å²) in [6.07, 6.45) is 0. The average Bonchev–Trinajstić information content (AvgIpc) is 2.32. The number of benzene rings is 2. The third kappa shape index (κ3) is 2.98. The van der Waals surface area contributed by atoms with Crippen LogP contribution in [0.5, 0.6) is 11.5 Å². The van der Waals surface area contributed by atoms with E-state index < -0.39 is 5.91 Å². The summed E-state index contributed by atoms with van der Waals surface area (Å²) < 4.78 is 5.70. The summed E-state index contributed by atoms with van der Waals surface area (Å²) in [4.78, 5) is 11.3. The standard InChI is InChI=1S/C14H13ClN2O2/c1-8-6-9(15)2-5-12(8)19-13-7-10(16)3-4-11(13)14(17)18/h2-7H,16H2,1H3,(H2,17,18). The molecule has 0 unspecified atom stereocenters. The van der Waals surface area contributed by atoms with E-state index in [4.69, 9.17) is 27.8 Å². The first kappa shape index (κ1) is 13.2. The Morgan fingerprint density at radius 1 is 1.16 bits per heavy atom. The summed E-state index contributed by atoms with van der Waals surface area (Å²) in [5, 5.41) is 0.618. The van der Waals surface area contributed by atoms with Crippen molar-refractivity contribution in [2.75, 3.05) is 5.73 Å². The van der Waals surface area contributed by atoms with Gasteiger partial charge in [0.25, 0.3) is 5.91 Å². The second-order valence-electron chi connectivity index (χ2n) is 4.13. The maximum Gasteiger partial charge on any atom is 0.252 e. The predicted molar refractivity (Wildman–Crippen MR) is 75.6 cm³/mol. The summed E-state index contributed by atoms with van der Waals surface area (Å²) >= 11 is 5.88. The molecule has 2 aromatic carbocycles. The molecule has 2 aromatic rings. The van der Waals surface area contributed by atoms with Gasteiger partial charge in [-0.1, -0.05) is 11.6 Å². The second kappa shape index (κ2) is 5.20. The first-order valence-electron chi connectivity index (χ1n) is 5.60. The van der Waals surface area contributed by atoms with Gasteiger partial charge in [-0.15, -0.1) is 0 Å². The summed E-state index contributed by atoms with van der Waals surface area (Å²) in [6, 6.07) is 9.91. The van der Waals surface area contributed by atoms with E-state index in [-0.39, 0.29) is 5.56 Å². The first-order chi connectivity index (χ1) is 8.97. The van der Waals surface area contributed by atoms with Gasteiger partial charge in [0.15, 0.2) is 0 Å². The Balaban J connectivity index is 2.42. The summed E-state index contributed by atoms with van der Waals surface area (Å²) in [7, 11) is 0. The van der Waals surface area contributed by atoms with E-state index in [0.29, 0.717) is 22.2 Å². The van der Waals surface area contributed by atoms with E-state index in [1.807, 2.05) is 6.92 Å². The van der Waals surface area contributed by atoms with Crippen LogP contribution < -0.4 is 16.2 Å². The lowest BCUT2D eigenvalue weighted by atomic mass is 10.1. The monoisotopic (exact) mass is 276 g/mol. The number of hydrogen-bond acceptors (Lipinski definition) is 3. The molecule has 0 atom stereocenters. The maximum atomic E-state index is 11.3. The van der Waals surface area contributed by atoms with Crippen LogP contribution in [0.1, 0.15) is 15.9 Å². The number of rotatable bonds is 3. The quantitative estimate of drug-likeness (QED) is 0.846. The van der Waals surface area contributed by atoms with Crippen molar-refractivity contribution in [1.29, 1.82) is 0 Å². The van der Waals surface area contributed by atoms with Gasteiger partial charge >= 0.3 is 0 Å². The van der Waals surface area contributed by atoms with E-state index in [1.165, 1.54) is 6.07 Å². The lowest BCUT2D eigenvalue weighted by Crippen LogP contribution is -2.12. The number of anilines is 1. The Kier molecular flexibility index (Phi) is 3.62. The van der Waals surface area contributed by atoms with E-state index in [9.17, 15) is 4.79 Å². The minimum Gasteiger partial charge on any atom is -0.456 e. The normalized spacial score (nSPS) is 10.2. The fourth-order valence-corrected chi connectivity index (χ4v) is 1.90. The third-order valence-electron chi connectivity index (χ3n) is 2.63. The number of aryl methyl sites for hydroxylation is 1. The zero-order valence-electron chi connectivity index (χ0n) is 10.3. The van der Waals surface area contributed by atoms with Gasteiger partial charge in [0.1, 0.15) is 11.5 Å². The fourth-order valence-electron chi connectivity index (χ4n) is 1.67. The van der Waals surface area contributed by atoms with Crippen molar-refractivity contribution in [3.05, 3.63) is 52.5 Å². The Hall–Kier alpha value is -2.20. The molecule has 0 aliphatic carbocycles. The molecule has 0 bridgehead atoms. The van der Waals surface area contributed by atoms with E-state index in [0.717, 1.165) is 5.56 Å². The number of hydrogen-bond donors (Lipinski definition) is 2. The zero-order valence-corrected chi connectivity index (χ0v) is 11.1. The van der Waals surface area contributed by atoms with Crippen LogP contribution in [-0.2, 0) is 0 Å². The molecule has 4 nitrogen and oxygen atoms in total. The van der Waals surface area contributed by atoms with Crippen molar-refractivity contribution in [2.45, 2.75) is 6.92 Å². The van der Waals surface area contributed by atoms with Crippen LogP contribution in [0.2, 0.25) is 5.02 Å². The lowest BCUT2D eigenvalue weighted by molar-refractivity contribution is 0.0998. The molecule has 0 spiro atoms. The third-order valence-corrected chi connectivity index (χ3v) is 2.86. The van der Waals surface area contributed by atoms with Crippen LogP contribution >= 0.6 is 11.6 Å². The lowest BCUT2D eigenvalue weighted by Gasteiger charge is -2.12. The molecule has 4 N–H and O–H groups in total. The molecule has 5 heteroatoms. The highest BCUT2D eigenvalue weighted by Crippen LogP contribution is 2.30. The van der Waals surface area contributed by atoms with Crippen LogP contribution in [0.15, 0.2) is 36.4 Å². The van der Waals surface area contributed by atoms with Gasteiger partial charge in [0.2, 0.25) is 0 Å². The molecule has 0 aliphatic heterocycles. The number of primary amides is 1. The zero-order chi connectivity index (χ0) is 14.0. The van der Waals surface area contributed by atoms with Crippen molar-refractivity contribution in [3.63, 3.8) is 0 Å². The van der Waals surface area contributed by atoms with Crippen LogP contribution in [0.3, 0.4) is 0 Å². The Morgan fingerprint density at radius 2 is 1.89 bits per heavy atom. The number of amides is 1. The van der Waals surface area contributed by atoms with Gasteiger partial charge < -0.3 is 16.2 Å². The van der Waals surface area contributed by atoms with Crippen LogP contribution in [-0.4, -0.2) is 5.91 Å². The van der Waals surface area contributed by atoms with Crippen LogP contribution in [0.25, 0.3) is 0 Å². The molecular weight excluding hydrogens is 264 g/mol. The number of carbonyl (C=O) groups is 1. The molecule has 0 radical (unpaired) electrons. The topological polar surface area (TPSA) is 78.3 Å². The average molecular weight is 277 g/mol. The second-order valence-corrected chi connectivity index (χ2v) is 4.57. The largest absolute Gasteiger partial charge is 0.456 e. The highest BCUT2D eigenvalue weighted by Gasteiger charge is 2.12. The Bertz CT molecular complexity index is 641. The molecule has 0 heterocycles. The first-order valence-corrected chi connectivity index (χ1v) is 5.98. The predicted octanol–water partition coefficient (Wildman–Crippen LogP) is 3.12. The van der Waals surface area contributed by atoms with Gasteiger partial charge in [0.05, 0.1) is 5.56 Å². The molecule has 0 aromatic heterocycles. The summed E-state index contributed by atoms with van der Waals surface area (Å²) in [5.74, 6) is 0.358. The van der Waals surface area contributed by atoms with E-state index in [1.54, 1.807) is 30.3 Å². The summed E-state index contributed by atoms with van der Waals surface area (Å²) in [6.45, 7) is 1.86. The maximum absolute atomic E-state index is 11.3. The highest BCUT2D eigenvalue weighted by molar-refractivity contribution is 6.30. The molecule has 0 aliphatic rings. The number of nitrogen functional groups attached to an aromatic ring is 1. The summed E-state index contributed by atoms with van der Waals surface area (Å²) in [5.41, 5.74) is 12.6. The SMILES string of the molecule is Cc1cc(Cl)ccc1Oc1cc(N)ccc1C(N)=O. The van der Waals surface area contributed by atoms with Crippen LogP contribution in [0, 0.1) is 6.92 Å². The van der Waals surface area contributed by atoms with Gasteiger partial charge in [-0.25, -0.2) is 0 Å². The number of nitrogens with two attached hydrogens (primary N) is 2. The number of carbonyl (C=O) groups excluding carboxylic acids is 1. The molecule has 19 heavy (non-hydrogen) atoms. The van der Waals surface area contributed by atoms with Gasteiger partial charge in [-0.3, -0.25) is 4.79 Å². The van der Waals surface area contributed by atoms with Crippen LogP contribution in [0.4, 0.5) is 5.69 Å². The van der Waals surface area contributed by atoms with Crippen molar-refractivity contribution >= 4 is 23.2 Å². The number of halogens is 1. The molecule has 0 saturated heterocycles. The Labute approximate surface area is 115 Å². The van der Waals surface area contributed by atoms with Crippen molar-refractivity contribution in [2.24, 2.45) is 5.73 Å². The smallest absolute Gasteiger partial charge is 0.252 e. The molecule has 98 valence electrons. The van der Waals surface area contributed by atoms with E-state index >= 15 is 0 Å². The minimum atomic E-state index is -0.568. The van der Waals surface area contributed by atoms with Gasteiger partial charge in [0, 0.05) is 16.8 Å². The van der Waals surface area contributed by atoms with Crippen molar-refractivity contribution in [3.8, 4) is 11.5 Å². The van der Waals surface area contributed by atoms with Crippen molar-refractivity contribution < 1.29 is 9.53 Å². The van der Waals surface area contributed by atoms with E-state index in [2.05, 4.69) is 0 Å². The minimum absolute atomic E-state index is 0.281. The number of ether oxygens (including phenoxy) is 1. The molecular formula is C14H13ClN2O2. The molecule has 1 amide bonds. The highest BCUT2D eigenvalue weighted by atomic mass is 35.5.